The molecule has 0 N–H and O–H groups in total. The highest BCUT2D eigenvalue weighted by molar-refractivity contribution is 5.91. The summed E-state index contributed by atoms with van der Waals surface area (Å²) in [7, 11) is 0. The summed E-state index contributed by atoms with van der Waals surface area (Å²) in [5.74, 6) is 0.883. The van der Waals surface area contributed by atoms with Gasteiger partial charge in [0.1, 0.15) is 17.1 Å². The van der Waals surface area contributed by atoms with Crippen LogP contribution in [0.5, 0.6) is 0 Å². The molecule has 0 bridgehead atoms. The number of anilines is 2. The molecule has 0 saturated carbocycles. The molecule has 0 atom stereocenters. The molecule has 0 spiro atoms. The van der Waals surface area contributed by atoms with E-state index in [0.717, 1.165) is 68.4 Å². The van der Waals surface area contributed by atoms with Crippen molar-refractivity contribution in [3.63, 3.8) is 0 Å². The Kier molecular flexibility index (Phi) is 9.63. The van der Waals surface area contributed by atoms with Crippen LogP contribution < -0.4 is 15.4 Å². The molecule has 0 radical (unpaired) electrons. The SMILES string of the molecule is [C-]#[N+]/C(C#N)=C1C=C(/C=C/c2ccc(N(CCC)CCC)cc2)OC(/C=C/c2cc3cc4c5c(c3oc2=O)C(C)(C)CCN5CCC4(C)C)=C\1. The number of benzene rings is 2. The lowest BCUT2D eigenvalue weighted by atomic mass is 9.69. The third-order valence-corrected chi connectivity index (χ3v) is 10.2. The predicted octanol–water partition coefficient (Wildman–Crippen LogP) is 9.81. The van der Waals surface area contributed by atoms with Crippen LogP contribution in [-0.4, -0.2) is 26.2 Å². The van der Waals surface area contributed by atoms with E-state index in [1.165, 1.54) is 16.9 Å². The summed E-state index contributed by atoms with van der Waals surface area (Å²) in [5, 5.41) is 10.6. The van der Waals surface area contributed by atoms with Crippen molar-refractivity contribution < 1.29 is 9.15 Å². The van der Waals surface area contributed by atoms with Crippen molar-refractivity contribution in [3.05, 3.63) is 128 Å². The van der Waals surface area contributed by atoms with Gasteiger partial charge in [-0.15, -0.1) is 0 Å². The van der Waals surface area contributed by atoms with Crippen molar-refractivity contribution >= 4 is 34.5 Å². The van der Waals surface area contributed by atoms with E-state index < -0.39 is 5.63 Å². The molecule has 0 unspecified atom stereocenters. The van der Waals surface area contributed by atoms with E-state index in [4.69, 9.17) is 15.7 Å². The van der Waals surface area contributed by atoms with Gasteiger partial charge in [-0.2, -0.15) is 0 Å². The monoisotopic (exact) mass is 666 g/mol. The van der Waals surface area contributed by atoms with Crippen molar-refractivity contribution in [1.29, 1.82) is 5.26 Å². The van der Waals surface area contributed by atoms with Gasteiger partial charge in [-0.25, -0.2) is 14.9 Å². The van der Waals surface area contributed by atoms with Crippen LogP contribution in [0.1, 0.15) is 89.5 Å². The molecule has 0 aliphatic carbocycles. The van der Waals surface area contributed by atoms with Gasteiger partial charge < -0.3 is 19.0 Å². The molecule has 256 valence electrons. The molecule has 0 amide bonds. The van der Waals surface area contributed by atoms with Crippen LogP contribution in [0.2, 0.25) is 0 Å². The zero-order valence-electron chi connectivity index (χ0n) is 30.1. The average molecular weight is 667 g/mol. The standard InChI is InChI=1S/C43H46N4O3/c1-8-20-46(21-9-2)33-14-10-29(11-15-33)12-16-34-25-31(37(28-44)45-7)26-35(49-34)17-13-30-24-32-27-36-39-38(40(32)50-41(30)48)43(5,6)19-23-47(39)22-18-42(36,3)4/h10-17,24-27H,8-9,18-23H2,1-6H3/b16-12+,17-13+,37-31+. The highest BCUT2D eigenvalue weighted by atomic mass is 16.5. The van der Waals surface area contributed by atoms with Crippen LogP contribution in [0.4, 0.5) is 11.4 Å². The topological polar surface area (TPSA) is 74.1 Å². The summed E-state index contributed by atoms with van der Waals surface area (Å²) in [4.78, 5) is 21.8. The molecule has 1 aromatic heterocycles. The first-order chi connectivity index (χ1) is 24.0. The lowest BCUT2D eigenvalue weighted by Gasteiger charge is -2.48. The number of nitrogens with zero attached hydrogens (tertiary/aromatic N) is 4. The molecule has 3 aliphatic heterocycles. The highest BCUT2D eigenvalue weighted by Gasteiger charge is 2.41. The fourth-order valence-electron chi connectivity index (χ4n) is 7.34. The van der Waals surface area contributed by atoms with Gasteiger partial charge >= 0.3 is 5.63 Å². The fraction of sp³-hybridized carbons (Fsp3) is 0.372. The van der Waals surface area contributed by atoms with Gasteiger partial charge in [-0.1, -0.05) is 59.8 Å². The van der Waals surface area contributed by atoms with E-state index in [1.54, 1.807) is 24.3 Å². The number of fused-ring (bicyclic) bond motifs is 2. The summed E-state index contributed by atoms with van der Waals surface area (Å²) >= 11 is 0. The van der Waals surface area contributed by atoms with Gasteiger partial charge in [0.25, 0.3) is 5.70 Å². The van der Waals surface area contributed by atoms with Crippen LogP contribution in [0, 0.1) is 17.9 Å². The number of hydrogen-bond acceptors (Lipinski definition) is 6. The Hall–Kier alpha value is -5.27. The minimum atomic E-state index is -0.422. The van der Waals surface area contributed by atoms with Gasteiger partial charge in [0, 0.05) is 48.5 Å². The maximum Gasteiger partial charge on any atom is 0.343 e. The zero-order chi connectivity index (χ0) is 35.6. The molecule has 7 nitrogen and oxygen atoms in total. The van der Waals surface area contributed by atoms with E-state index in [9.17, 15) is 10.1 Å². The maximum absolute atomic E-state index is 13.5. The Labute approximate surface area is 296 Å². The molecule has 7 heteroatoms. The minimum absolute atomic E-state index is 0.00190. The van der Waals surface area contributed by atoms with Gasteiger partial charge in [-0.05, 0) is 108 Å². The Bertz CT molecular complexity index is 2090. The van der Waals surface area contributed by atoms with Gasteiger partial charge in [-0.3, -0.25) is 0 Å². The summed E-state index contributed by atoms with van der Waals surface area (Å²) in [6.07, 6.45) is 14.7. The van der Waals surface area contributed by atoms with E-state index in [2.05, 4.69) is 86.5 Å². The Morgan fingerprint density at radius 2 is 1.60 bits per heavy atom. The number of allylic oxidation sites excluding steroid dienone is 6. The lowest BCUT2D eigenvalue weighted by Crippen LogP contribution is -2.44. The van der Waals surface area contributed by atoms with Crippen molar-refractivity contribution in [2.75, 3.05) is 36.0 Å². The number of rotatable bonds is 9. The molecule has 0 fully saturated rings. The second-order valence-corrected chi connectivity index (χ2v) is 14.8. The normalized spacial score (nSPS) is 18.6. The molecular formula is C43H46N4O3. The fourth-order valence-corrected chi connectivity index (χ4v) is 7.34. The molecule has 2 aromatic carbocycles. The molecule has 3 aromatic rings. The third-order valence-electron chi connectivity index (χ3n) is 10.2. The van der Waals surface area contributed by atoms with Gasteiger partial charge in [0.2, 0.25) is 0 Å². The molecule has 6 rings (SSSR count). The van der Waals surface area contributed by atoms with Crippen LogP contribution in [0.15, 0.2) is 92.7 Å². The van der Waals surface area contributed by atoms with Crippen molar-refractivity contribution in [1.82, 2.24) is 0 Å². The third kappa shape index (κ3) is 6.78. The Morgan fingerprint density at radius 1 is 0.960 bits per heavy atom. The quantitative estimate of drug-likeness (QED) is 0.129. The Balaban J connectivity index is 1.32. The van der Waals surface area contributed by atoms with E-state index in [-0.39, 0.29) is 16.5 Å². The van der Waals surface area contributed by atoms with E-state index in [1.807, 2.05) is 24.3 Å². The highest BCUT2D eigenvalue weighted by Crippen LogP contribution is 2.51. The zero-order valence-corrected chi connectivity index (χ0v) is 30.1. The molecular weight excluding hydrogens is 620 g/mol. The van der Waals surface area contributed by atoms with Crippen molar-refractivity contribution in [2.24, 2.45) is 0 Å². The minimum Gasteiger partial charge on any atom is -0.457 e. The van der Waals surface area contributed by atoms with Crippen molar-refractivity contribution in [2.45, 2.75) is 78.1 Å². The van der Waals surface area contributed by atoms with E-state index in [0.29, 0.717) is 28.2 Å². The number of ether oxygens (including phenoxy) is 1. The Morgan fingerprint density at radius 3 is 2.22 bits per heavy atom. The number of nitriles is 1. The lowest BCUT2D eigenvalue weighted by molar-refractivity contribution is 0.332. The molecule has 3 aliphatic rings. The number of hydrogen-bond donors (Lipinski definition) is 0. The summed E-state index contributed by atoms with van der Waals surface area (Å²) in [5.41, 5.74) is 6.79. The summed E-state index contributed by atoms with van der Waals surface area (Å²) < 4.78 is 12.3. The van der Waals surface area contributed by atoms with Gasteiger partial charge in [0.15, 0.2) is 0 Å². The van der Waals surface area contributed by atoms with Crippen LogP contribution in [-0.2, 0) is 15.6 Å². The average Bonchev–Trinajstić information content (AvgIpc) is 3.09. The summed E-state index contributed by atoms with van der Waals surface area (Å²) in [6.45, 7) is 25.0. The molecule has 50 heavy (non-hydrogen) atoms. The van der Waals surface area contributed by atoms with Crippen LogP contribution in [0.3, 0.4) is 0 Å². The van der Waals surface area contributed by atoms with Crippen LogP contribution in [0.25, 0.3) is 28.0 Å². The molecule has 0 saturated heterocycles. The molecule has 4 heterocycles. The first-order valence-corrected chi connectivity index (χ1v) is 17.7. The van der Waals surface area contributed by atoms with Crippen LogP contribution >= 0.6 is 0 Å². The predicted molar refractivity (Wildman–Crippen MR) is 204 cm³/mol. The second kappa shape index (κ2) is 13.9. The van der Waals surface area contributed by atoms with Crippen molar-refractivity contribution in [3.8, 4) is 6.07 Å². The second-order valence-electron chi connectivity index (χ2n) is 14.8. The smallest absolute Gasteiger partial charge is 0.343 e. The summed E-state index contributed by atoms with van der Waals surface area (Å²) in [6, 6.07) is 14.5. The van der Waals surface area contributed by atoms with Gasteiger partial charge in [0.05, 0.1) is 18.2 Å². The van der Waals surface area contributed by atoms with E-state index >= 15 is 0 Å². The first-order valence-electron chi connectivity index (χ1n) is 17.7. The maximum atomic E-state index is 13.5. The largest absolute Gasteiger partial charge is 0.457 e. The first kappa shape index (κ1) is 34.6.